The minimum atomic E-state index is 0.697. The Balaban J connectivity index is 1.82. The molecule has 25 heavy (non-hydrogen) atoms. The summed E-state index contributed by atoms with van der Waals surface area (Å²) in [5.41, 5.74) is 4.96. The fraction of sp³-hybridized carbons (Fsp3) is 0.500. The third-order valence-electron chi connectivity index (χ3n) is 4.21. The van der Waals surface area contributed by atoms with Crippen LogP contribution in [-0.4, -0.2) is 29.2 Å². The van der Waals surface area contributed by atoms with Crippen molar-refractivity contribution in [2.75, 3.05) is 13.1 Å². The standard InChI is InChI=1S/C20H31N5/c1-4-5-12-21-20(23-14-18-10-8-16(2)9-11-18)22-13-6-7-19-15-24-25-17(19)3/h8-11,15H,4-7,12-14H2,1-3H3,(H,24,25)(H2,21,22,23). The number of aryl methyl sites for hydroxylation is 3. The Labute approximate surface area is 151 Å². The van der Waals surface area contributed by atoms with Crippen LogP contribution in [0.25, 0.3) is 0 Å². The van der Waals surface area contributed by atoms with E-state index in [1.54, 1.807) is 0 Å². The van der Waals surface area contributed by atoms with Gasteiger partial charge in [-0.1, -0.05) is 43.2 Å². The molecule has 5 heteroatoms. The normalized spacial score (nSPS) is 11.6. The van der Waals surface area contributed by atoms with Gasteiger partial charge in [0.2, 0.25) is 0 Å². The Hall–Kier alpha value is -2.30. The number of unbranched alkanes of at least 4 members (excludes halogenated alkanes) is 1. The lowest BCUT2D eigenvalue weighted by Gasteiger charge is -2.12. The third-order valence-corrected chi connectivity index (χ3v) is 4.21. The molecule has 0 aliphatic heterocycles. The summed E-state index contributed by atoms with van der Waals surface area (Å²) in [4.78, 5) is 4.72. The molecule has 136 valence electrons. The van der Waals surface area contributed by atoms with Gasteiger partial charge in [-0.2, -0.15) is 5.10 Å². The summed E-state index contributed by atoms with van der Waals surface area (Å²) in [7, 11) is 0. The smallest absolute Gasteiger partial charge is 0.191 e. The molecule has 0 bridgehead atoms. The van der Waals surface area contributed by atoms with E-state index in [1.165, 1.54) is 23.1 Å². The molecule has 0 amide bonds. The van der Waals surface area contributed by atoms with Gasteiger partial charge < -0.3 is 10.6 Å². The summed E-state index contributed by atoms with van der Waals surface area (Å²) in [6.45, 7) is 8.92. The van der Waals surface area contributed by atoms with Crippen molar-refractivity contribution >= 4 is 5.96 Å². The lowest BCUT2D eigenvalue weighted by atomic mass is 10.1. The predicted molar refractivity (Wildman–Crippen MR) is 105 cm³/mol. The Morgan fingerprint density at radius 2 is 1.80 bits per heavy atom. The molecule has 0 fully saturated rings. The summed E-state index contributed by atoms with van der Waals surface area (Å²) in [5.74, 6) is 0.901. The molecule has 0 saturated heterocycles. The monoisotopic (exact) mass is 341 g/mol. The number of rotatable bonds is 9. The molecule has 2 aromatic rings. The van der Waals surface area contributed by atoms with Crippen LogP contribution in [0.4, 0.5) is 0 Å². The van der Waals surface area contributed by atoms with Crippen molar-refractivity contribution < 1.29 is 0 Å². The van der Waals surface area contributed by atoms with E-state index >= 15 is 0 Å². The van der Waals surface area contributed by atoms with E-state index in [2.05, 4.69) is 65.9 Å². The molecule has 0 radical (unpaired) electrons. The van der Waals surface area contributed by atoms with Gasteiger partial charge in [-0.15, -0.1) is 0 Å². The van der Waals surface area contributed by atoms with E-state index < -0.39 is 0 Å². The molecule has 0 atom stereocenters. The van der Waals surface area contributed by atoms with Gasteiger partial charge in [0.15, 0.2) is 5.96 Å². The van der Waals surface area contributed by atoms with Gasteiger partial charge in [-0.3, -0.25) is 5.10 Å². The van der Waals surface area contributed by atoms with Crippen molar-refractivity contribution in [2.45, 2.75) is 53.0 Å². The molecular formula is C20H31N5. The first-order chi connectivity index (χ1) is 12.2. The van der Waals surface area contributed by atoms with Gasteiger partial charge in [0.05, 0.1) is 12.7 Å². The molecule has 0 spiro atoms. The Bertz CT molecular complexity index is 642. The number of hydrogen-bond donors (Lipinski definition) is 3. The van der Waals surface area contributed by atoms with Gasteiger partial charge in [-0.05, 0) is 44.2 Å². The number of aliphatic imine (C=N–C) groups is 1. The first-order valence-electron chi connectivity index (χ1n) is 9.25. The maximum Gasteiger partial charge on any atom is 0.191 e. The Morgan fingerprint density at radius 1 is 1.08 bits per heavy atom. The number of H-pyrrole nitrogens is 1. The molecule has 0 unspecified atom stereocenters. The number of aromatic amines is 1. The number of guanidine groups is 1. The van der Waals surface area contributed by atoms with Crippen molar-refractivity contribution in [1.29, 1.82) is 0 Å². The molecule has 2 rings (SSSR count). The fourth-order valence-electron chi connectivity index (χ4n) is 2.54. The van der Waals surface area contributed by atoms with Crippen LogP contribution in [-0.2, 0) is 13.0 Å². The lowest BCUT2D eigenvalue weighted by molar-refractivity contribution is 0.706. The molecule has 0 aliphatic carbocycles. The zero-order valence-corrected chi connectivity index (χ0v) is 15.7. The quantitative estimate of drug-likeness (QED) is 0.372. The van der Waals surface area contributed by atoms with Crippen molar-refractivity contribution in [1.82, 2.24) is 20.8 Å². The van der Waals surface area contributed by atoms with Crippen molar-refractivity contribution in [3.8, 4) is 0 Å². The number of benzene rings is 1. The van der Waals surface area contributed by atoms with Crippen LogP contribution in [0.3, 0.4) is 0 Å². The predicted octanol–water partition coefficient (Wildman–Crippen LogP) is 3.49. The van der Waals surface area contributed by atoms with E-state index in [9.17, 15) is 0 Å². The van der Waals surface area contributed by atoms with Crippen molar-refractivity contribution in [3.05, 3.63) is 52.8 Å². The topological polar surface area (TPSA) is 65.1 Å². The molecule has 0 saturated carbocycles. The summed E-state index contributed by atoms with van der Waals surface area (Å²) < 4.78 is 0. The molecule has 0 aliphatic rings. The molecule has 1 aromatic heterocycles. The van der Waals surface area contributed by atoms with Crippen LogP contribution < -0.4 is 10.6 Å². The van der Waals surface area contributed by atoms with E-state index in [4.69, 9.17) is 4.99 Å². The van der Waals surface area contributed by atoms with Crippen LogP contribution >= 0.6 is 0 Å². The minimum absolute atomic E-state index is 0.697. The lowest BCUT2D eigenvalue weighted by Crippen LogP contribution is -2.38. The van der Waals surface area contributed by atoms with E-state index in [1.807, 2.05) is 6.20 Å². The summed E-state index contributed by atoms with van der Waals surface area (Å²) in [6, 6.07) is 8.56. The van der Waals surface area contributed by atoms with Crippen molar-refractivity contribution in [3.63, 3.8) is 0 Å². The second-order valence-corrected chi connectivity index (χ2v) is 6.48. The molecule has 1 aromatic carbocycles. The summed E-state index contributed by atoms with van der Waals surface area (Å²) >= 11 is 0. The molecule has 3 N–H and O–H groups in total. The molecule has 5 nitrogen and oxygen atoms in total. The number of nitrogens with zero attached hydrogens (tertiary/aromatic N) is 2. The Kier molecular flexibility index (Phi) is 8.02. The van der Waals surface area contributed by atoms with E-state index in [-0.39, 0.29) is 0 Å². The third kappa shape index (κ3) is 6.99. The van der Waals surface area contributed by atoms with Crippen LogP contribution in [0.2, 0.25) is 0 Å². The summed E-state index contributed by atoms with van der Waals surface area (Å²) in [6.07, 6.45) is 6.33. The van der Waals surface area contributed by atoms with Crippen LogP contribution in [0, 0.1) is 13.8 Å². The van der Waals surface area contributed by atoms with Gasteiger partial charge in [0.1, 0.15) is 0 Å². The average molecular weight is 342 g/mol. The van der Waals surface area contributed by atoms with Gasteiger partial charge >= 0.3 is 0 Å². The van der Waals surface area contributed by atoms with E-state index in [0.29, 0.717) is 6.54 Å². The van der Waals surface area contributed by atoms with Crippen molar-refractivity contribution in [2.24, 2.45) is 4.99 Å². The van der Waals surface area contributed by atoms with Crippen LogP contribution in [0.15, 0.2) is 35.5 Å². The zero-order chi connectivity index (χ0) is 17.9. The van der Waals surface area contributed by atoms with Crippen LogP contribution in [0.5, 0.6) is 0 Å². The Morgan fingerprint density at radius 3 is 2.44 bits per heavy atom. The highest BCUT2D eigenvalue weighted by Gasteiger charge is 2.02. The first kappa shape index (κ1) is 19.0. The number of hydrogen-bond acceptors (Lipinski definition) is 2. The van der Waals surface area contributed by atoms with Gasteiger partial charge in [-0.25, -0.2) is 4.99 Å². The SMILES string of the molecule is CCCCNC(=NCc1ccc(C)cc1)NCCCc1cn[nH]c1C. The van der Waals surface area contributed by atoms with E-state index in [0.717, 1.165) is 44.0 Å². The zero-order valence-electron chi connectivity index (χ0n) is 15.7. The largest absolute Gasteiger partial charge is 0.356 e. The highest BCUT2D eigenvalue weighted by Crippen LogP contribution is 2.06. The first-order valence-corrected chi connectivity index (χ1v) is 9.25. The molecule has 1 heterocycles. The molecular weight excluding hydrogens is 310 g/mol. The second-order valence-electron chi connectivity index (χ2n) is 6.48. The van der Waals surface area contributed by atoms with Gasteiger partial charge in [0.25, 0.3) is 0 Å². The minimum Gasteiger partial charge on any atom is -0.356 e. The number of nitrogens with one attached hydrogen (secondary N) is 3. The summed E-state index contributed by atoms with van der Waals surface area (Å²) in [5, 5.41) is 13.9. The highest BCUT2D eigenvalue weighted by atomic mass is 15.2. The van der Waals surface area contributed by atoms with Crippen LogP contribution in [0.1, 0.15) is 48.6 Å². The average Bonchev–Trinajstić information content (AvgIpc) is 3.02. The highest BCUT2D eigenvalue weighted by molar-refractivity contribution is 5.79. The fourth-order valence-corrected chi connectivity index (χ4v) is 2.54. The maximum atomic E-state index is 4.72. The maximum absolute atomic E-state index is 4.72. The van der Waals surface area contributed by atoms with Gasteiger partial charge in [0, 0.05) is 18.8 Å². The second kappa shape index (κ2) is 10.5. The number of aromatic nitrogens is 2.